The van der Waals surface area contributed by atoms with Crippen LogP contribution in [0.25, 0.3) is 10.8 Å². The van der Waals surface area contributed by atoms with Crippen molar-refractivity contribution < 1.29 is 13.2 Å². The van der Waals surface area contributed by atoms with Crippen LogP contribution in [-0.4, -0.2) is 29.6 Å². The Labute approximate surface area is 200 Å². The van der Waals surface area contributed by atoms with Crippen LogP contribution in [0.2, 0.25) is 0 Å². The molecule has 0 unspecified atom stereocenters. The molecule has 0 radical (unpaired) electrons. The predicted molar refractivity (Wildman–Crippen MR) is 135 cm³/mol. The van der Waals surface area contributed by atoms with Gasteiger partial charge in [0.05, 0.1) is 10.3 Å². The molecule has 9 heteroatoms. The Morgan fingerprint density at radius 3 is 2.38 bits per heavy atom. The Morgan fingerprint density at radius 1 is 1.00 bits per heavy atom. The van der Waals surface area contributed by atoms with Crippen molar-refractivity contribution in [3.63, 3.8) is 0 Å². The zero-order valence-corrected chi connectivity index (χ0v) is 20.9. The van der Waals surface area contributed by atoms with Crippen LogP contribution in [0, 0.1) is 0 Å². The maximum absolute atomic E-state index is 13.2. The zero-order valence-electron chi connectivity index (χ0n) is 20.1. The van der Waals surface area contributed by atoms with E-state index in [0.29, 0.717) is 23.0 Å². The lowest BCUT2D eigenvalue weighted by atomic mass is 10.1. The lowest BCUT2D eigenvalue weighted by Gasteiger charge is -2.20. The first-order valence-electron chi connectivity index (χ1n) is 11.5. The molecule has 0 saturated heterocycles. The van der Waals surface area contributed by atoms with E-state index in [1.54, 1.807) is 57.2 Å². The average molecular weight is 485 g/mol. The van der Waals surface area contributed by atoms with Crippen molar-refractivity contribution in [2.75, 3.05) is 5.32 Å². The molecule has 0 aliphatic rings. The molecule has 8 nitrogen and oxygen atoms in total. The Bertz CT molecular complexity index is 1340. The summed E-state index contributed by atoms with van der Waals surface area (Å²) in [6.07, 6.45) is 3.91. The smallest absolute Gasteiger partial charge is 0.276 e. The Hall–Kier alpha value is -3.04. The minimum absolute atomic E-state index is 0.0407. The molecule has 1 amide bonds. The number of fused-ring (bicyclic) bond motifs is 1. The van der Waals surface area contributed by atoms with Crippen LogP contribution in [-0.2, 0) is 16.6 Å². The highest BCUT2D eigenvalue weighted by atomic mass is 32.2. The van der Waals surface area contributed by atoms with Gasteiger partial charge in [-0.05, 0) is 51.5 Å². The summed E-state index contributed by atoms with van der Waals surface area (Å²) >= 11 is 0. The molecular weight excluding hydrogens is 452 g/mol. The Balaban J connectivity index is 1.93. The van der Waals surface area contributed by atoms with Crippen molar-refractivity contribution in [1.29, 1.82) is 0 Å². The summed E-state index contributed by atoms with van der Waals surface area (Å²) in [6.45, 7) is 7.80. The second kappa shape index (κ2) is 10.5. The number of amides is 1. The number of unbranched alkanes of at least 4 members (excludes halogenated alkanes) is 3. The molecule has 0 saturated carbocycles. The Kier molecular flexibility index (Phi) is 7.89. The number of aromatic nitrogens is 2. The van der Waals surface area contributed by atoms with E-state index >= 15 is 0 Å². The van der Waals surface area contributed by atoms with Crippen molar-refractivity contribution in [3.8, 4) is 0 Å². The van der Waals surface area contributed by atoms with Gasteiger partial charge in [-0.25, -0.2) is 17.8 Å². The molecule has 0 fully saturated rings. The van der Waals surface area contributed by atoms with Crippen LogP contribution >= 0.6 is 0 Å². The number of hydrogen-bond acceptors (Lipinski definition) is 5. The van der Waals surface area contributed by atoms with Gasteiger partial charge in [-0.15, -0.1) is 0 Å². The van der Waals surface area contributed by atoms with E-state index in [4.69, 9.17) is 0 Å². The number of rotatable bonds is 9. The van der Waals surface area contributed by atoms with E-state index in [2.05, 4.69) is 22.1 Å². The fourth-order valence-corrected chi connectivity index (χ4v) is 5.10. The van der Waals surface area contributed by atoms with Crippen molar-refractivity contribution in [2.45, 2.75) is 70.4 Å². The summed E-state index contributed by atoms with van der Waals surface area (Å²) in [7, 11) is -3.77. The molecule has 182 valence electrons. The van der Waals surface area contributed by atoms with Gasteiger partial charge in [0, 0.05) is 23.2 Å². The summed E-state index contributed by atoms with van der Waals surface area (Å²) < 4.78 is 29.3. The summed E-state index contributed by atoms with van der Waals surface area (Å²) in [6, 6.07) is 12.9. The third-order valence-corrected chi connectivity index (χ3v) is 6.90. The number of sulfonamides is 1. The van der Waals surface area contributed by atoms with Crippen molar-refractivity contribution >= 4 is 32.4 Å². The summed E-state index contributed by atoms with van der Waals surface area (Å²) in [5, 5.41) is 7.99. The summed E-state index contributed by atoms with van der Waals surface area (Å²) in [5.41, 5.74) is -0.448. The first-order chi connectivity index (χ1) is 16.0. The zero-order chi connectivity index (χ0) is 24.9. The van der Waals surface area contributed by atoms with E-state index in [-0.39, 0.29) is 16.1 Å². The van der Waals surface area contributed by atoms with Crippen LogP contribution in [0.1, 0.15) is 63.9 Å². The van der Waals surface area contributed by atoms with Gasteiger partial charge in [-0.3, -0.25) is 9.59 Å². The highest BCUT2D eigenvalue weighted by Gasteiger charge is 2.23. The first-order valence-corrected chi connectivity index (χ1v) is 13.0. The second-order valence-corrected chi connectivity index (χ2v) is 11.0. The van der Waals surface area contributed by atoms with E-state index in [9.17, 15) is 18.0 Å². The monoisotopic (exact) mass is 484 g/mol. The van der Waals surface area contributed by atoms with E-state index in [1.807, 2.05) is 0 Å². The van der Waals surface area contributed by atoms with E-state index < -0.39 is 21.5 Å². The Morgan fingerprint density at radius 2 is 1.71 bits per heavy atom. The number of aryl methyl sites for hydroxylation is 1. The number of carbonyl (C=O) groups is 1. The van der Waals surface area contributed by atoms with Crippen LogP contribution < -0.4 is 15.6 Å². The fraction of sp³-hybridized carbons (Fsp3) is 0.400. The predicted octanol–water partition coefficient (Wildman–Crippen LogP) is 4.31. The molecule has 2 N–H and O–H groups in total. The van der Waals surface area contributed by atoms with E-state index in [1.165, 1.54) is 16.8 Å². The van der Waals surface area contributed by atoms with Crippen LogP contribution in [0.15, 0.2) is 58.2 Å². The number of benzene rings is 2. The molecule has 0 atom stereocenters. The fourth-order valence-electron chi connectivity index (χ4n) is 3.64. The summed E-state index contributed by atoms with van der Waals surface area (Å²) in [4.78, 5) is 26.1. The number of nitrogens with zero attached hydrogens (tertiary/aromatic N) is 2. The van der Waals surface area contributed by atoms with Gasteiger partial charge in [0.15, 0.2) is 5.69 Å². The molecular formula is C25H32N4O4S. The molecule has 1 aromatic heterocycles. The van der Waals surface area contributed by atoms with Gasteiger partial charge in [-0.2, -0.15) is 5.10 Å². The average Bonchev–Trinajstić information content (AvgIpc) is 2.76. The third-order valence-electron chi connectivity index (χ3n) is 5.15. The normalized spacial score (nSPS) is 12.1. The number of nitrogens with one attached hydrogen (secondary N) is 2. The molecule has 0 aliphatic heterocycles. The molecule has 3 aromatic rings. The molecule has 3 rings (SSSR count). The first kappa shape index (κ1) is 25.6. The molecule has 0 bridgehead atoms. The maximum Gasteiger partial charge on any atom is 0.276 e. The topological polar surface area (TPSA) is 110 Å². The number of hydrogen-bond donors (Lipinski definition) is 2. The van der Waals surface area contributed by atoms with Crippen molar-refractivity contribution in [2.24, 2.45) is 0 Å². The van der Waals surface area contributed by atoms with Crippen LogP contribution in [0.4, 0.5) is 5.69 Å². The molecule has 0 spiro atoms. The molecule has 0 aliphatic carbocycles. The number of anilines is 1. The highest BCUT2D eigenvalue weighted by molar-refractivity contribution is 7.89. The molecule has 2 aromatic carbocycles. The molecule has 1 heterocycles. The van der Waals surface area contributed by atoms with Gasteiger partial charge in [0.2, 0.25) is 10.0 Å². The standard InChI is InChI=1S/C25H32N4O4S/c1-5-6-7-10-16-29-24(31)21-15-9-8-14-20(21)22(27-29)23(30)26-18-12-11-13-19(17-18)34(32,33)28-25(2,3)4/h8-9,11-15,17,28H,5-7,10,16H2,1-4H3,(H,26,30). The second-order valence-electron chi connectivity index (χ2n) is 9.32. The van der Waals surface area contributed by atoms with E-state index in [0.717, 1.165) is 25.7 Å². The van der Waals surface area contributed by atoms with Gasteiger partial charge >= 0.3 is 0 Å². The largest absolute Gasteiger partial charge is 0.321 e. The maximum atomic E-state index is 13.2. The third kappa shape index (κ3) is 6.30. The summed E-state index contributed by atoms with van der Waals surface area (Å²) in [5.74, 6) is -0.517. The van der Waals surface area contributed by atoms with Gasteiger partial charge in [0.1, 0.15) is 0 Å². The lowest BCUT2D eigenvalue weighted by molar-refractivity contribution is 0.102. The van der Waals surface area contributed by atoms with Gasteiger partial charge in [0.25, 0.3) is 11.5 Å². The minimum Gasteiger partial charge on any atom is -0.321 e. The SMILES string of the molecule is CCCCCCn1nc(C(=O)Nc2cccc(S(=O)(=O)NC(C)(C)C)c2)c2ccccc2c1=O. The minimum atomic E-state index is -3.77. The highest BCUT2D eigenvalue weighted by Crippen LogP contribution is 2.20. The van der Waals surface area contributed by atoms with Gasteiger partial charge in [-0.1, -0.05) is 50.5 Å². The number of carbonyl (C=O) groups excluding carboxylic acids is 1. The van der Waals surface area contributed by atoms with Crippen LogP contribution in [0.3, 0.4) is 0 Å². The van der Waals surface area contributed by atoms with Crippen LogP contribution in [0.5, 0.6) is 0 Å². The van der Waals surface area contributed by atoms with Crippen molar-refractivity contribution in [3.05, 3.63) is 64.6 Å². The molecule has 34 heavy (non-hydrogen) atoms. The quantitative estimate of drug-likeness (QED) is 0.440. The van der Waals surface area contributed by atoms with Crippen molar-refractivity contribution in [1.82, 2.24) is 14.5 Å². The van der Waals surface area contributed by atoms with Gasteiger partial charge < -0.3 is 5.32 Å². The lowest BCUT2D eigenvalue weighted by Crippen LogP contribution is -2.40.